The molecule has 2 aliphatic rings. The average molecular weight is 788 g/mol. The van der Waals surface area contributed by atoms with Crippen molar-refractivity contribution in [1.29, 1.82) is 0 Å². The van der Waals surface area contributed by atoms with E-state index in [9.17, 15) is 27.4 Å². The summed E-state index contributed by atoms with van der Waals surface area (Å²) in [7, 11) is -2.28. The van der Waals surface area contributed by atoms with Crippen LogP contribution in [0.25, 0.3) is 0 Å². The molecule has 1 atom stereocenters. The molecular formula is C39H50ClN3O8S2. The Morgan fingerprint density at radius 3 is 2.53 bits per heavy atom. The number of amides is 2. The highest BCUT2D eigenvalue weighted by molar-refractivity contribution is 7.93. The normalized spacial score (nSPS) is 18.4. The van der Waals surface area contributed by atoms with Gasteiger partial charge in [-0.2, -0.15) is 8.42 Å². The van der Waals surface area contributed by atoms with Gasteiger partial charge in [-0.15, -0.1) is 5.06 Å². The number of unbranched alkanes of at least 4 members (excludes halogenated alkanes) is 3. The zero-order valence-corrected chi connectivity index (χ0v) is 33.2. The summed E-state index contributed by atoms with van der Waals surface area (Å²) < 4.78 is 37.5. The maximum absolute atomic E-state index is 12.2. The number of hydrogen-bond acceptors (Lipinski definition) is 11. The lowest BCUT2D eigenvalue weighted by Gasteiger charge is -2.27. The molecule has 288 valence electrons. The van der Waals surface area contributed by atoms with Crippen molar-refractivity contribution in [2.75, 3.05) is 30.0 Å². The van der Waals surface area contributed by atoms with Crippen molar-refractivity contribution in [2.45, 2.75) is 101 Å². The number of fused-ring (bicyclic) bond motifs is 1. The second kappa shape index (κ2) is 19.1. The van der Waals surface area contributed by atoms with Gasteiger partial charge in [-0.3, -0.25) is 13.8 Å². The molecule has 4 rings (SSSR count). The number of imide groups is 1. The zero-order chi connectivity index (χ0) is 38.6. The molecule has 0 aromatic heterocycles. The van der Waals surface area contributed by atoms with E-state index < -0.39 is 27.9 Å². The average Bonchev–Trinajstić information content (AvgIpc) is 3.59. The molecule has 0 aliphatic carbocycles. The van der Waals surface area contributed by atoms with Crippen molar-refractivity contribution in [1.82, 2.24) is 5.06 Å². The predicted octanol–water partition coefficient (Wildman–Crippen LogP) is 8.68. The van der Waals surface area contributed by atoms with E-state index in [4.69, 9.17) is 16.4 Å². The standard InChI is InChI=1S/C39H50ClN3O8S2/c1-38(2,30-26-28(40)16-18-32(30)41-24-12-13-25-53(48,49)50-4)22-10-6-5-8-14-34-39(3,31-27-29(52-47)17-19-33(31)42-34)23-11-7-9-15-37(46)51-43-35(44)20-21-36(43)45/h5-6,8,10,14,16-19,26-27,41-42,47H,7,9,11-13,15,20-25H2,1-4H3/b8-5+,10-6+,34-14+. The van der Waals surface area contributed by atoms with Gasteiger partial charge in [-0.05, 0) is 98.0 Å². The molecule has 2 aromatic carbocycles. The van der Waals surface area contributed by atoms with E-state index in [1.54, 1.807) is 0 Å². The van der Waals surface area contributed by atoms with Crippen LogP contribution in [-0.4, -0.2) is 55.2 Å². The monoisotopic (exact) mass is 787 g/mol. The van der Waals surface area contributed by atoms with Crippen LogP contribution in [0.5, 0.6) is 0 Å². The summed E-state index contributed by atoms with van der Waals surface area (Å²) in [6, 6.07) is 11.6. The third-order valence-corrected chi connectivity index (χ3v) is 11.7. The molecule has 1 fully saturated rings. The first-order chi connectivity index (χ1) is 25.2. The number of hydrogen-bond donors (Lipinski definition) is 3. The summed E-state index contributed by atoms with van der Waals surface area (Å²) in [5.41, 5.74) is 4.53. The smallest absolute Gasteiger partial charge is 0.333 e. The molecule has 2 aliphatic heterocycles. The quantitative estimate of drug-likeness (QED) is 0.0389. The number of carbonyl (C=O) groups is 3. The Balaban J connectivity index is 1.35. The molecule has 0 bridgehead atoms. The van der Waals surface area contributed by atoms with Crippen molar-refractivity contribution in [3.05, 3.63) is 88.6 Å². The van der Waals surface area contributed by atoms with Crippen LogP contribution >= 0.6 is 23.6 Å². The van der Waals surface area contributed by atoms with Crippen LogP contribution in [0.3, 0.4) is 0 Å². The second-order valence-electron chi connectivity index (χ2n) is 14.1. The van der Waals surface area contributed by atoms with E-state index in [0.29, 0.717) is 47.9 Å². The van der Waals surface area contributed by atoms with Crippen LogP contribution in [0.15, 0.2) is 77.4 Å². The van der Waals surface area contributed by atoms with Crippen LogP contribution in [0, 0.1) is 0 Å². The van der Waals surface area contributed by atoms with Gasteiger partial charge >= 0.3 is 5.97 Å². The number of anilines is 2. The fraction of sp³-hybridized carbons (Fsp3) is 0.462. The number of nitrogens with zero attached hydrogens (tertiary/aromatic N) is 1. The summed E-state index contributed by atoms with van der Waals surface area (Å²) in [6.07, 6.45) is 15.3. The van der Waals surface area contributed by atoms with Gasteiger partial charge in [0.25, 0.3) is 21.9 Å². The molecule has 1 saturated heterocycles. The van der Waals surface area contributed by atoms with Gasteiger partial charge in [-0.25, -0.2) is 4.79 Å². The lowest BCUT2D eigenvalue weighted by atomic mass is 9.77. The van der Waals surface area contributed by atoms with Gasteiger partial charge in [0.1, 0.15) is 0 Å². The van der Waals surface area contributed by atoms with Gasteiger partial charge in [0.05, 0.1) is 12.9 Å². The largest absolute Gasteiger partial charge is 0.385 e. The van der Waals surface area contributed by atoms with Crippen LogP contribution in [-0.2, 0) is 44.4 Å². The second-order valence-corrected chi connectivity index (χ2v) is 17.0. The zero-order valence-electron chi connectivity index (χ0n) is 30.8. The lowest BCUT2D eigenvalue weighted by molar-refractivity contribution is -0.197. The van der Waals surface area contributed by atoms with Crippen molar-refractivity contribution in [2.24, 2.45) is 0 Å². The SMILES string of the molecule is COS(=O)(=O)CCCCNc1ccc(Cl)cc1C(C)(C)C/C=C/C=C/C=C1/Nc2ccc(SO)cc2C1(C)CCCCCC(=O)ON1C(=O)CCC1=O. The summed E-state index contributed by atoms with van der Waals surface area (Å²) >= 11 is 7.12. The van der Waals surface area contributed by atoms with E-state index >= 15 is 0 Å². The van der Waals surface area contributed by atoms with Crippen LogP contribution in [0.2, 0.25) is 5.02 Å². The minimum absolute atomic E-state index is 0.0132. The molecule has 11 nitrogen and oxygen atoms in total. The van der Waals surface area contributed by atoms with E-state index in [1.165, 1.54) is 7.11 Å². The van der Waals surface area contributed by atoms with Crippen LogP contribution in [0.1, 0.15) is 96.1 Å². The van der Waals surface area contributed by atoms with Gasteiger partial charge in [0, 0.05) is 70.3 Å². The number of halogens is 1. The summed E-state index contributed by atoms with van der Waals surface area (Å²) in [5, 5.41) is 8.25. The molecular weight excluding hydrogens is 738 g/mol. The predicted molar refractivity (Wildman–Crippen MR) is 210 cm³/mol. The van der Waals surface area contributed by atoms with Gasteiger partial charge in [-0.1, -0.05) is 62.6 Å². The lowest BCUT2D eigenvalue weighted by Crippen LogP contribution is -2.31. The molecule has 0 radical (unpaired) electrons. The maximum Gasteiger partial charge on any atom is 0.333 e. The molecule has 0 spiro atoms. The third kappa shape index (κ3) is 11.7. The number of benzene rings is 2. The number of rotatable bonds is 20. The van der Waals surface area contributed by atoms with E-state index in [0.717, 1.165) is 58.8 Å². The maximum atomic E-state index is 12.2. The van der Waals surface area contributed by atoms with Crippen molar-refractivity contribution in [3.63, 3.8) is 0 Å². The number of allylic oxidation sites excluding steroid dienone is 6. The Morgan fingerprint density at radius 2 is 1.81 bits per heavy atom. The number of hydroxylamine groups is 2. The Hall–Kier alpha value is -3.62. The highest BCUT2D eigenvalue weighted by Crippen LogP contribution is 2.48. The van der Waals surface area contributed by atoms with Crippen molar-refractivity contribution in [3.8, 4) is 0 Å². The first kappa shape index (κ1) is 42.1. The molecule has 0 saturated carbocycles. The Labute approximate surface area is 322 Å². The molecule has 14 heteroatoms. The first-order valence-electron chi connectivity index (χ1n) is 17.8. The van der Waals surface area contributed by atoms with Gasteiger partial charge < -0.3 is 20.0 Å². The van der Waals surface area contributed by atoms with Crippen LogP contribution in [0.4, 0.5) is 11.4 Å². The fourth-order valence-corrected chi connectivity index (χ4v) is 7.70. The third-order valence-electron chi connectivity index (χ3n) is 9.66. The minimum atomic E-state index is -3.46. The molecule has 2 heterocycles. The van der Waals surface area contributed by atoms with Crippen molar-refractivity contribution >= 4 is 62.9 Å². The molecule has 53 heavy (non-hydrogen) atoms. The topological polar surface area (TPSA) is 151 Å². The van der Waals surface area contributed by atoms with Crippen LogP contribution < -0.4 is 10.6 Å². The summed E-state index contributed by atoms with van der Waals surface area (Å²) in [6.45, 7) is 7.11. The van der Waals surface area contributed by atoms with Gasteiger partial charge in [0.15, 0.2) is 0 Å². The highest BCUT2D eigenvalue weighted by Gasteiger charge is 2.38. The van der Waals surface area contributed by atoms with E-state index in [2.05, 4.69) is 47.7 Å². The Kier molecular flexibility index (Phi) is 15.2. The molecule has 3 N–H and O–H groups in total. The summed E-state index contributed by atoms with van der Waals surface area (Å²) in [5.74, 6) is -1.57. The first-order valence-corrected chi connectivity index (χ1v) is 20.6. The van der Waals surface area contributed by atoms with Gasteiger partial charge in [0.2, 0.25) is 0 Å². The molecule has 2 amide bonds. The number of nitrogens with one attached hydrogen (secondary N) is 2. The minimum Gasteiger partial charge on any atom is -0.385 e. The highest BCUT2D eigenvalue weighted by atomic mass is 35.5. The molecule has 2 aromatic rings. The van der Waals surface area contributed by atoms with Crippen molar-refractivity contribution < 1.29 is 36.4 Å². The Bertz CT molecular complexity index is 1830. The van der Waals surface area contributed by atoms with E-state index in [1.807, 2.05) is 54.6 Å². The molecule has 1 unspecified atom stereocenters. The Morgan fingerprint density at radius 1 is 1.06 bits per heavy atom. The fourth-order valence-electron chi connectivity index (χ4n) is 6.51. The number of carbonyl (C=O) groups excluding carboxylic acids is 3. The summed E-state index contributed by atoms with van der Waals surface area (Å²) in [4.78, 5) is 41.5. The van der Waals surface area contributed by atoms with E-state index in [-0.39, 0.29) is 35.8 Å².